The average molecular weight is 225 g/mol. The molecule has 0 spiro atoms. The second kappa shape index (κ2) is 3.41. The van der Waals surface area contributed by atoms with E-state index >= 15 is 0 Å². The fraction of sp³-hybridized carbons (Fsp3) is 0.500. The molecule has 15 heavy (non-hydrogen) atoms. The molecule has 1 aromatic heterocycles. The van der Waals surface area contributed by atoms with Crippen LogP contribution in [-0.2, 0) is 7.05 Å². The molecule has 84 valence electrons. The van der Waals surface area contributed by atoms with Crippen LogP contribution in [0.4, 0.5) is 19.0 Å². The minimum Gasteiger partial charge on any atom is -0.358 e. The second-order valence-corrected chi connectivity index (χ2v) is 2.67. The van der Waals surface area contributed by atoms with Crippen LogP contribution in [0.2, 0.25) is 0 Å². The molecule has 0 fully saturated rings. The molecular formula is C6H6F3N3O3. The maximum Gasteiger partial charge on any atom is 0.576 e. The largest absolute Gasteiger partial charge is 0.576 e. The van der Waals surface area contributed by atoms with Crippen molar-refractivity contribution < 1.29 is 22.8 Å². The lowest BCUT2D eigenvalue weighted by Gasteiger charge is -2.04. The van der Waals surface area contributed by atoms with Crippen molar-refractivity contribution in [3.8, 4) is 6.01 Å². The van der Waals surface area contributed by atoms with Crippen molar-refractivity contribution in [3.63, 3.8) is 0 Å². The fourth-order valence-electron chi connectivity index (χ4n) is 0.908. The SMILES string of the molecule is Cc1c([N+](=O)[O-])nc(OC(F)(F)F)n1C. The van der Waals surface area contributed by atoms with Crippen LogP contribution in [0.3, 0.4) is 0 Å². The van der Waals surface area contributed by atoms with E-state index in [0.29, 0.717) is 0 Å². The zero-order chi connectivity index (χ0) is 11.8. The number of imidazole rings is 1. The quantitative estimate of drug-likeness (QED) is 0.565. The van der Waals surface area contributed by atoms with E-state index in [1.54, 1.807) is 0 Å². The first-order valence-corrected chi connectivity index (χ1v) is 3.66. The Balaban J connectivity index is 3.11. The Hall–Kier alpha value is -1.80. The molecule has 0 N–H and O–H groups in total. The van der Waals surface area contributed by atoms with Gasteiger partial charge in [0.2, 0.25) is 0 Å². The molecule has 0 aliphatic heterocycles. The number of rotatable bonds is 2. The molecule has 0 atom stereocenters. The highest BCUT2D eigenvalue weighted by molar-refractivity contribution is 5.30. The second-order valence-electron chi connectivity index (χ2n) is 2.67. The van der Waals surface area contributed by atoms with Gasteiger partial charge in [-0.2, -0.15) is 0 Å². The number of ether oxygens (including phenoxy) is 1. The number of nitrogens with zero attached hydrogens (tertiary/aromatic N) is 3. The molecule has 0 radical (unpaired) electrons. The van der Waals surface area contributed by atoms with Crippen molar-refractivity contribution in [2.24, 2.45) is 7.05 Å². The normalized spacial score (nSPS) is 11.5. The molecule has 0 saturated heterocycles. The highest BCUT2D eigenvalue weighted by Crippen LogP contribution is 2.26. The summed E-state index contributed by atoms with van der Waals surface area (Å²) in [7, 11) is 1.19. The third kappa shape index (κ3) is 2.36. The molecule has 0 aromatic carbocycles. The molecule has 1 rings (SSSR count). The van der Waals surface area contributed by atoms with Gasteiger partial charge in [-0.3, -0.25) is 4.57 Å². The topological polar surface area (TPSA) is 70.2 Å². The van der Waals surface area contributed by atoms with Crippen molar-refractivity contribution >= 4 is 5.82 Å². The van der Waals surface area contributed by atoms with Crippen LogP contribution < -0.4 is 4.74 Å². The Morgan fingerprint density at radius 2 is 2.07 bits per heavy atom. The lowest BCUT2D eigenvalue weighted by molar-refractivity contribution is -0.390. The van der Waals surface area contributed by atoms with E-state index in [2.05, 4.69) is 9.72 Å². The van der Waals surface area contributed by atoms with E-state index in [9.17, 15) is 23.3 Å². The molecule has 0 saturated carbocycles. The number of hydrogen-bond donors (Lipinski definition) is 0. The predicted molar refractivity (Wildman–Crippen MR) is 41.3 cm³/mol. The molecule has 0 amide bonds. The number of alkyl halides is 3. The van der Waals surface area contributed by atoms with E-state index < -0.39 is 23.1 Å². The first kappa shape index (κ1) is 11.3. The van der Waals surface area contributed by atoms with E-state index in [-0.39, 0.29) is 5.69 Å². The molecule has 9 heteroatoms. The van der Waals surface area contributed by atoms with Gasteiger partial charge < -0.3 is 14.9 Å². The zero-order valence-corrected chi connectivity index (χ0v) is 7.70. The summed E-state index contributed by atoms with van der Waals surface area (Å²) in [5, 5.41) is 10.3. The van der Waals surface area contributed by atoms with Gasteiger partial charge in [-0.15, -0.1) is 13.2 Å². The monoisotopic (exact) mass is 225 g/mol. The van der Waals surface area contributed by atoms with Crippen molar-refractivity contribution in [3.05, 3.63) is 15.8 Å². The van der Waals surface area contributed by atoms with Gasteiger partial charge >= 0.3 is 18.2 Å². The Morgan fingerprint density at radius 3 is 2.40 bits per heavy atom. The van der Waals surface area contributed by atoms with Gasteiger partial charge in [0, 0.05) is 12.0 Å². The summed E-state index contributed by atoms with van der Waals surface area (Å²) in [4.78, 5) is 12.6. The van der Waals surface area contributed by atoms with Crippen molar-refractivity contribution in [1.29, 1.82) is 0 Å². The van der Waals surface area contributed by atoms with Gasteiger partial charge in [-0.1, -0.05) is 0 Å². The van der Waals surface area contributed by atoms with Crippen molar-refractivity contribution in [2.45, 2.75) is 13.3 Å². The molecule has 0 aliphatic rings. The van der Waals surface area contributed by atoms with E-state index in [1.807, 2.05) is 0 Å². The summed E-state index contributed by atoms with van der Waals surface area (Å²) in [5.41, 5.74) is -0.0146. The summed E-state index contributed by atoms with van der Waals surface area (Å²) in [6.45, 7) is 1.27. The molecule has 0 aliphatic carbocycles. The van der Waals surface area contributed by atoms with Crippen LogP contribution in [0.25, 0.3) is 0 Å². The standard InChI is InChI=1S/C6H6F3N3O3/c1-3-4(12(13)14)10-5(11(3)2)15-6(7,8)9/h1-2H3. The summed E-state index contributed by atoms with van der Waals surface area (Å²) in [5.74, 6) is -0.656. The van der Waals surface area contributed by atoms with E-state index in [4.69, 9.17) is 0 Å². The van der Waals surface area contributed by atoms with Crippen LogP contribution in [0.15, 0.2) is 0 Å². The van der Waals surface area contributed by atoms with Gasteiger partial charge in [0.15, 0.2) is 0 Å². The molecule has 6 nitrogen and oxygen atoms in total. The highest BCUT2D eigenvalue weighted by Gasteiger charge is 2.37. The van der Waals surface area contributed by atoms with Crippen molar-refractivity contribution in [1.82, 2.24) is 9.55 Å². The van der Waals surface area contributed by atoms with Gasteiger partial charge in [-0.05, 0) is 11.8 Å². The predicted octanol–water partition coefficient (Wildman–Crippen LogP) is 1.54. The Bertz CT molecular complexity index is 398. The number of aromatic nitrogens is 2. The smallest absolute Gasteiger partial charge is 0.358 e. The zero-order valence-electron chi connectivity index (χ0n) is 7.70. The van der Waals surface area contributed by atoms with Gasteiger partial charge in [0.05, 0.1) is 0 Å². The molecule has 1 aromatic rings. The van der Waals surface area contributed by atoms with Gasteiger partial charge in [0.25, 0.3) is 0 Å². The highest BCUT2D eigenvalue weighted by atomic mass is 19.4. The summed E-state index contributed by atoms with van der Waals surface area (Å²) < 4.78 is 39.8. The maximum atomic E-state index is 11.8. The fourth-order valence-corrected chi connectivity index (χ4v) is 0.908. The van der Waals surface area contributed by atoms with Gasteiger partial charge in [0.1, 0.15) is 5.69 Å². The minimum atomic E-state index is -4.92. The van der Waals surface area contributed by atoms with Crippen LogP contribution in [0.5, 0.6) is 6.01 Å². The lowest BCUT2D eigenvalue weighted by atomic mass is 10.5. The lowest BCUT2D eigenvalue weighted by Crippen LogP contribution is -2.19. The van der Waals surface area contributed by atoms with Crippen LogP contribution in [-0.4, -0.2) is 20.8 Å². The third-order valence-corrected chi connectivity index (χ3v) is 1.70. The first-order valence-electron chi connectivity index (χ1n) is 3.66. The minimum absolute atomic E-state index is 0.0146. The summed E-state index contributed by atoms with van der Waals surface area (Å²) in [6.07, 6.45) is -4.92. The van der Waals surface area contributed by atoms with Crippen LogP contribution in [0.1, 0.15) is 5.69 Å². The third-order valence-electron chi connectivity index (χ3n) is 1.70. The first-order chi connectivity index (χ1) is 6.72. The maximum absolute atomic E-state index is 11.8. The number of nitro groups is 1. The summed E-state index contributed by atoms with van der Waals surface area (Å²) in [6, 6.07) is -0.855. The average Bonchev–Trinajstić information content (AvgIpc) is 2.30. The van der Waals surface area contributed by atoms with Crippen LogP contribution >= 0.6 is 0 Å². The molecule has 1 heterocycles. The molecule has 0 bridgehead atoms. The van der Waals surface area contributed by atoms with Crippen LogP contribution in [0, 0.1) is 17.0 Å². The Morgan fingerprint density at radius 1 is 1.53 bits per heavy atom. The Kier molecular flexibility index (Phi) is 2.56. The van der Waals surface area contributed by atoms with E-state index in [1.165, 1.54) is 14.0 Å². The molecular weight excluding hydrogens is 219 g/mol. The number of hydrogen-bond acceptors (Lipinski definition) is 4. The summed E-state index contributed by atoms with van der Waals surface area (Å²) >= 11 is 0. The van der Waals surface area contributed by atoms with Gasteiger partial charge in [-0.25, -0.2) is 0 Å². The Labute approximate surface area is 81.4 Å². The molecule has 0 unspecified atom stereocenters. The van der Waals surface area contributed by atoms with Crippen molar-refractivity contribution in [2.75, 3.05) is 0 Å². The van der Waals surface area contributed by atoms with E-state index in [0.717, 1.165) is 4.57 Å². The number of halogens is 3.